The summed E-state index contributed by atoms with van der Waals surface area (Å²) in [7, 11) is 0. The maximum atomic E-state index is 5.32. The standard InChI is InChI=1S/C11H10N4S3/c1-7(10-12-4-6-18-10)15-9(13-14-11(15)16)8-3-2-5-17-8/h2-7H,1H3,(H,14,16). The van der Waals surface area contributed by atoms with Gasteiger partial charge in [-0.25, -0.2) is 4.98 Å². The van der Waals surface area contributed by atoms with Crippen molar-refractivity contribution < 1.29 is 0 Å². The molecule has 0 aliphatic heterocycles. The molecule has 0 spiro atoms. The van der Waals surface area contributed by atoms with Crippen LogP contribution in [0.2, 0.25) is 0 Å². The molecule has 1 N–H and O–H groups in total. The lowest BCUT2D eigenvalue weighted by Gasteiger charge is -2.12. The number of nitrogens with one attached hydrogen (secondary N) is 1. The third-order valence-corrected chi connectivity index (χ3v) is 4.74. The molecule has 1 atom stereocenters. The van der Waals surface area contributed by atoms with Crippen LogP contribution >= 0.6 is 34.9 Å². The van der Waals surface area contributed by atoms with Gasteiger partial charge in [0.1, 0.15) is 5.01 Å². The monoisotopic (exact) mass is 294 g/mol. The second-order valence-corrected chi connectivity index (χ2v) is 6.01. The Balaban J connectivity index is 2.12. The number of H-pyrrole nitrogens is 1. The van der Waals surface area contributed by atoms with Crippen molar-refractivity contribution in [2.24, 2.45) is 0 Å². The van der Waals surface area contributed by atoms with E-state index in [2.05, 4.69) is 22.1 Å². The quantitative estimate of drug-likeness (QED) is 0.749. The van der Waals surface area contributed by atoms with Crippen LogP contribution in [-0.4, -0.2) is 19.7 Å². The van der Waals surface area contributed by atoms with Crippen molar-refractivity contribution in [1.29, 1.82) is 0 Å². The fourth-order valence-corrected chi connectivity index (χ4v) is 3.48. The minimum absolute atomic E-state index is 0.0911. The predicted octanol–water partition coefficient (Wildman–Crippen LogP) is 3.73. The normalized spacial score (nSPS) is 12.7. The van der Waals surface area contributed by atoms with Crippen molar-refractivity contribution in [2.75, 3.05) is 0 Å². The summed E-state index contributed by atoms with van der Waals surface area (Å²) >= 11 is 8.60. The molecule has 1 unspecified atom stereocenters. The van der Waals surface area contributed by atoms with Crippen molar-refractivity contribution in [3.8, 4) is 10.7 Å². The van der Waals surface area contributed by atoms with Crippen LogP contribution in [0.5, 0.6) is 0 Å². The summed E-state index contributed by atoms with van der Waals surface area (Å²) in [6.07, 6.45) is 1.81. The van der Waals surface area contributed by atoms with Gasteiger partial charge in [0, 0.05) is 11.6 Å². The molecule has 0 amide bonds. The zero-order valence-electron chi connectivity index (χ0n) is 9.53. The Morgan fingerprint density at radius 3 is 2.94 bits per heavy atom. The van der Waals surface area contributed by atoms with Crippen molar-refractivity contribution in [1.82, 2.24) is 19.7 Å². The molecule has 0 radical (unpaired) electrons. The minimum Gasteiger partial charge on any atom is -0.290 e. The van der Waals surface area contributed by atoms with Crippen molar-refractivity contribution >= 4 is 34.9 Å². The average Bonchev–Trinajstić information content (AvgIpc) is 3.10. The fraction of sp³-hybridized carbons (Fsp3) is 0.182. The first kappa shape index (κ1) is 11.8. The number of nitrogens with zero attached hydrogens (tertiary/aromatic N) is 3. The zero-order valence-corrected chi connectivity index (χ0v) is 12.0. The molecule has 3 heterocycles. The maximum Gasteiger partial charge on any atom is 0.196 e. The van der Waals surface area contributed by atoms with Crippen LogP contribution in [0.4, 0.5) is 0 Å². The van der Waals surface area contributed by atoms with E-state index in [0.717, 1.165) is 15.7 Å². The molecule has 3 rings (SSSR count). The summed E-state index contributed by atoms with van der Waals surface area (Å²) in [5.74, 6) is 0.873. The van der Waals surface area contributed by atoms with Gasteiger partial charge >= 0.3 is 0 Å². The third kappa shape index (κ3) is 1.94. The van der Waals surface area contributed by atoms with E-state index < -0.39 is 0 Å². The smallest absolute Gasteiger partial charge is 0.196 e. The van der Waals surface area contributed by atoms with Crippen LogP contribution in [0.3, 0.4) is 0 Å². The van der Waals surface area contributed by atoms with E-state index in [1.807, 2.05) is 33.7 Å². The lowest BCUT2D eigenvalue weighted by atomic mass is 10.3. The fourth-order valence-electron chi connectivity index (χ4n) is 1.79. The summed E-state index contributed by atoms with van der Waals surface area (Å²) in [5, 5.41) is 12.2. The van der Waals surface area contributed by atoms with E-state index in [9.17, 15) is 0 Å². The number of aromatic amines is 1. The molecular formula is C11H10N4S3. The van der Waals surface area contributed by atoms with Crippen LogP contribution < -0.4 is 0 Å². The van der Waals surface area contributed by atoms with Gasteiger partial charge in [0.05, 0.1) is 10.9 Å². The van der Waals surface area contributed by atoms with Gasteiger partial charge in [-0.1, -0.05) is 6.07 Å². The summed E-state index contributed by atoms with van der Waals surface area (Å²) in [6, 6.07) is 4.14. The lowest BCUT2D eigenvalue weighted by molar-refractivity contribution is 0.631. The molecule has 0 aliphatic rings. The highest BCUT2D eigenvalue weighted by Crippen LogP contribution is 2.28. The summed E-state index contributed by atoms with van der Waals surface area (Å²) in [4.78, 5) is 5.45. The van der Waals surface area contributed by atoms with Crippen LogP contribution in [0.15, 0.2) is 29.1 Å². The first-order valence-corrected chi connectivity index (χ1v) is 7.54. The second-order valence-electron chi connectivity index (χ2n) is 3.75. The number of aromatic nitrogens is 4. The summed E-state index contributed by atoms with van der Waals surface area (Å²) < 4.78 is 2.64. The first-order chi connectivity index (χ1) is 8.77. The van der Waals surface area contributed by atoms with Crippen LogP contribution in [0, 0.1) is 4.77 Å². The number of rotatable bonds is 3. The number of hydrogen-bond acceptors (Lipinski definition) is 5. The molecule has 0 fully saturated rings. The van der Waals surface area contributed by atoms with E-state index in [0.29, 0.717) is 4.77 Å². The van der Waals surface area contributed by atoms with Gasteiger partial charge in [-0.3, -0.25) is 9.67 Å². The van der Waals surface area contributed by atoms with Crippen LogP contribution in [0.25, 0.3) is 10.7 Å². The molecule has 7 heteroatoms. The molecule has 0 aromatic carbocycles. The molecule has 0 bridgehead atoms. The largest absolute Gasteiger partial charge is 0.290 e. The minimum atomic E-state index is 0.0911. The molecular weight excluding hydrogens is 284 g/mol. The van der Waals surface area contributed by atoms with Gasteiger partial charge < -0.3 is 0 Å². The molecule has 3 aromatic heterocycles. The van der Waals surface area contributed by atoms with E-state index in [1.165, 1.54) is 0 Å². The van der Waals surface area contributed by atoms with Gasteiger partial charge in [0.15, 0.2) is 10.6 Å². The van der Waals surface area contributed by atoms with E-state index in [1.54, 1.807) is 22.7 Å². The topological polar surface area (TPSA) is 46.5 Å². The molecule has 4 nitrogen and oxygen atoms in total. The zero-order chi connectivity index (χ0) is 12.5. The Kier molecular flexibility index (Phi) is 3.11. The number of thiophene rings is 1. The highest BCUT2D eigenvalue weighted by molar-refractivity contribution is 7.71. The highest BCUT2D eigenvalue weighted by atomic mass is 32.1. The van der Waals surface area contributed by atoms with Crippen molar-refractivity contribution in [3.63, 3.8) is 0 Å². The third-order valence-electron chi connectivity index (χ3n) is 2.64. The van der Waals surface area contributed by atoms with Gasteiger partial charge in [-0.05, 0) is 30.6 Å². The lowest BCUT2D eigenvalue weighted by Crippen LogP contribution is -2.08. The molecule has 18 heavy (non-hydrogen) atoms. The molecule has 0 saturated heterocycles. The first-order valence-electron chi connectivity index (χ1n) is 5.37. The Labute approximate surface area is 117 Å². The number of thiazole rings is 1. The molecule has 0 aliphatic carbocycles. The van der Waals surface area contributed by atoms with Crippen LogP contribution in [-0.2, 0) is 0 Å². The van der Waals surface area contributed by atoms with Crippen molar-refractivity contribution in [2.45, 2.75) is 13.0 Å². The second kappa shape index (κ2) is 4.75. The van der Waals surface area contributed by atoms with E-state index >= 15 is 0 Å². The average molecular weight is 294 g/mol. The van der Waals surface area contributed by atoms with Crippen molar-refractivity contribution in [3.05, 3.63) is 38.9 Å². The van der Waals surface area contributed by atoms with Gasteiger partial charge in [-0.15, -0.1) is 22.7 Å². The Hall–Kier alpha value is -1.31. The molecule has 3 aromatic rings. The summed E-state index contributed by atoms with van der Waals surface area (Å²) in [6.45, 7) is 2.08. The molecule has 0 saturated carbocycles. The Bertz CT molecular complexity index is 678. The maximum absolute atomic E-state index is 5.32. The summed E-state index contributed by atoms with van der Waals surface area (Å²) in [5.41, 5.74) is 0. The highest BCUT2D eigenvalue weighted by Gasteiger charge is 2.18. The van der Waals surface area contributed by atoms with Gasteiger partial charge in [-0.2, -0.15) is 5.10 Å². The van der Waals surface area contributed by atoms with Crippen LogP contribution in [0.1, 0.15) is 18.0 Å². The predicted molar refractivity (Wildman–Crippen MR) is 76.7 cm³/mol. The van der Waals surface area contributed by atoms with Gasteiger partial charge in [0.25, 0.3) is 0 Å². The Morgan fingerprint density at radius 2 is 2.28 bits per heavy atom. The van der Waals surface area contributed by atoms with Gasteiger partial charge in [0.2, 0.25) is 0 Å². The van der Waals surface area contributed by atoms with E-state index in [-0.39, 0.29) is 6.04 Å². The van der Waals surface area contributed by atoms with E-state index in [4.69, 9.17) is 12.2 Å². The Morgan fingerprint density at radius 1 is 1.39 bits per heavy atom. The number of hydrogen-bond donors (Lipinski definition) is 1. The SMILES string of the molecule is CC(c1nccs1)n1c(-c2cccs2)n[nH]c1=S. The molecule has 92 valence electrons.